The summed E-state index contributed by atoms with van der Waals surface area (Å²) in [5.41, 5.74) is 1.28. The highest BCUT2D eigenvalue weighted by Gasteiger charge is 2.30. The molecular formula is C23H14Cl2F2O3. The van der Waals surface area contributed by atoms with Gasteiger partial charge < -0.3 is 9.47 Å². The number of aryl methyl sites for hydroxylation is 1. The number of hydrogen-bond donors (Lipinski definition) is 0. The first kappa shape index (κ1) is 20.4. The predicted molar refractivity (Wildman–Crippen MR) is 111 cm³/mol. The topological polar surface area (TPSA) is 35.5 Å². The van der Waals surface area contributed by atoms with Gasteiger partial charge in [-0.05, 0) is 48.9 Å². The Morgan fingerprint density at radius 3 is 2.33 bits per heavy atom. The molecule has 0 saturated carbocycles. The lowest BCUT2D eigenvalue weighted by Gasteiger charge is -2.10. The number of fused-ring (bicyclic) bond motifs is 1. The lowest BCUT2D eigenvalue weighted by molar-refractivity contribution is 0.101. The van der Waals surface area contributed by atoms with Gasteiger partial charge >= 0.3 is 0 Å². The van der Waals surface area contributed by atoms with E-state index in [1.165, 1.54) is 18.2 Å². The second-order valence-electron chi connectivity index (χ2n) is 6.68. The molecule has 152 valence electrons. The number of rotatable bonds is 4. The van der Waals surface area contributed by atoms with Crippen molar-refractivity contribution >= 4 is 35.1 Å². The highest BCUT2D eigenvalue weighted by molar-refractivity contribution is 6.37. The molecule has 7 heteroatoms. The van der Waals surface area contributed by atoms with Gasteiger partial charge in [0.25, 0.3) is 0 Å². The van der Waals surface area contributed by atoms with Crippen molar-refractivity contribution < 1.29 is 23.0 Å². The highest BCUT2D eigenvalue weighted by atomic mass is 35.5. The van der Waals surface area contributed by atoms with Crippen molar-refractivity contribution in [2.45, 2.75) is 13.5 Å². The van der Waals surface area contributed by atoms with E-state index in [0.717, 1.165) is 12.1 Å². The Bertz CT molecular complexity index is 1160. The maximum absolute atomic E-state index is 13.8. The molecule has 0 saturated heterocycles. The zero-order valence-corrected chi connectivity index (χ0v) is 17.2. The fourth-order valence-corrected chi connectivity index (χ4v) is 3.67. The van der Waals surface area contributed by atoms with Crippen molar-refractivity contribution in [3.63, 3.8) is 0 Å². The summed E-state index contributed by atoms with van der Waals surface area (Å²) < 4.78 is 38.9. The molecule has 0 amide bonds. The van der Waals surface area contributed by atoms with E-state index in [4.69, 9.17) is 32.7 Å². The van der Waals surface area contributed by atoms with Crippen LogP contribution >= 0.6 is 23.2 Å². The summed E-state index contributed by atoms with van der Waals surface area (Å²) in [6, 6.07) is 11.7. The van der Waals surface area contributed by atoms with Crippen LogP contribution < -0.4 is 9.47 Å². The second kappa shape index (κ2) is 8.09. The Morgan fingerprint density at radius 2 is 1.67 bits per heavy atom. The van der Waals surface area contributed by atoms with Crippen molar-refractivity contribution in [2.24, 2.45) is 0 Å². The minimum Gasteiger partial charge on any atom is -0.489 e. The van der Waals surface area contributed by atoms with Gasteiger partial charge in [0.15, 0.2) is 5.76 Å². The lowest BCUT2D eigenvalue weighted by Crippen LogP contribution is -2.02. The van der Waals surface area contributed by atoms with E-state index in [1.807, 2.05) is 0 Å². The molecule has 1 aliphatic rings. The smallest absolute Gasteiger partial charge is 0.232 e. The number of ether oxygens (including phenoxy) is 2. The minimum absolute atomic E-state index is 0.0698. The summed E-state index contributed by atoms with van der Waals surface area (Å²) >= 11 is 12.3. The molecule has 0 bridgehead atoms. The number of carbonyl (C=O) groups excluding carboxylic acids is 1. The zero-order valence-electron chi connectivity index (χ0n) is 15.6. The average Bonchev–Trinajstić information content (AvgIpc) is 3.00. The number of carbonyl (C=O) groups is 1. The van der Waals surface area contributed by atoms with E-state index < -0.39 is 11.6 Å². The number of benzene rings is 3. The Kier molecular flexibility index (Phi) is 5.50. The van der Waals surface area contributed by atoms with Crippen LogP contribution in [0.2, 0.25) is 10.0 Å². The first-order valence-electron chi connectivity index (χ1n) is 8.93. The maximum atomic E-state index is 13.8. The zero-order chi connectivity index (χ0) is 21.4. The Morgan fingerprint density at radius 1 is 1.03 bits per heavy atom. The normalized spacial score (nSPS) is 14.0. The standard InChI is InChI=1S/C23H14Cl2F2O3/c1-12-8-13(29-11-15-18(26)6-3-7-19(15)27)9-20-22(12)23(28)21(30-20)10-14-16(24)4-2-5-17(14)25/h2-10H,11H2,1H3/b21-10-. The molecular weight excluding hydrogens is 433 g/mol. The van der Waals surface area contributed by atoms with Crippen LogP contribution in [-0.4, -0.2) is 5.78 Å². The van der Waals surface area contributed by atoms with Crippen LogP contribution in [0.5, 0.6) is 11.5 Å². The summed E-state index contributed by atoms with van der Waals surface area (Å²) in [4.78, 5) is 12.8. The number of hydrogen-bond acceptors (Lipinski definition) is 3. The fraction of sp³-hybridized carbons (Fsp3) is 0.0870. The molecule has 3 aromatic carbocycles. The van der Waals surface area contributed by atoms with Crippen LogP contribution in [0.25, 0.3) is 6.08 Å². The quantitative estimate of drug-likeness (QED) is 0.414. The van der Waals surface area contributed by atoms with E-state index >= 15 is 0 Å². The Hall–Kier alpha value is -2.89. The minimum atomic E-state index is -0.693. The van der Waals surface area contributed by atoms with Crippen molar-refractivity contribution in [2.75, 3.05) is 0 Å². The number of ketones is 1. The Balaban J connectivity index is 1.62. The Labute approximate surface area is 181 Å². The summed E-state index contributed by atoms with van der Waals surface area (Å²) in [6.07, 6.45) is 1.49. The van der Waals surface area contributed by atoms with E-state index in [-0.39, 0.29) is 23.7 Å². The molecule has 1 heterocycles. The maximum Gasteiger partial charge on any atom is 0.232 e. The van der Waals surface area contributed by atoms with Gasteiger partial charge in [-0.25, -0.2) is 8.78 Å². The van der Waals surface area contributed by atoms with E-state index in [9.17, 15) is 13.6 Å². The van der Waals surface area contributed by atoms with Gasteiger partial charge in [-0.1, -0.05) is 35.3 Å². The molecule has 0 N–H and O–H groups in total. The summed E-state index contributed by atoms with van der Waals surface area (Å²) in [5.74, 6) is -1.02. The average molecular weight is 447 g/mol. The molecule has 0 unspecified atom stereocenters. The first-order valence-corrected chi connectivity index (χ1v) is 9.69. The van der Waals surface area contributed by atoms with Gasteiger partial charge in [0.1, 0.15) is 29.7 Å². The van der Waals surface area contributed by atoms with Gasteiger partial charge in [0.2, 0.25) is 5.78 Å². The van der Waals surface area contributed by atoms with E-state index in [0.29, 0.717) is 38.2 Å². The molecule has 3 aromatic rings. The molecule has 0 spiro atoms. The van der Waals surface area contributed by atoms with Crippen LogP contribution in [0.4, 0.5) is 8.78 Å². The third kappa shape index (κ3) is 3.78. The molecule has 1 aliphatic heterocycles. The van der Waals surface area contributed by atoms with Crippen molar-refractivity contribution in [1.82, 2.24) is 0 Å². The third-order valence-corrected chi connectivity index (χ3v) is 5.32. The van der Waals surface area contributed by atoms with Crippen molar-refractivity contribution in [3.8, 4) is 11.5 Å². The lowest BCUT2D eigenvalue weighted by atomic mass is 10.0. The molecule has 0 fully saturated rings. The number of halogens is 4. The fourth-order valence-electron chi connectivity index (χ4n) is 3.17. The van der Waals surface area contributed by atoms with E-state index in [1.54, 1.807) is 31.2 Å². The number of allylic oxidation sites excluding steroid dienone is 1. The molecule has 0 atom stereocenters. The van der Waals surface area contributed by atoms with E-state index in [2.05, 4.69) is 0 Å². The molecule has 3 nitrogen and oxygen atoms in total. The largest absolute Gasteiger partial charge is 0.489 e. The highest BCUT2D eigenvalue weighted by Crippen LogP contribution is 2.39. The van der Waals surface area contributed by atoms with Crippen LogP contribution in [0.1, 0.15) is 27.0 Å². The van der Waals surface area contributed by atoms with Crippen molar-refractivity contribution in [3.05, 3.63) is 98.2 Å². The molecule has 30 heavy (non-hydrogen) atoms. The third-order valence-electron chi connectivity index (χ3n) is 4.66. The number of Topliss-reactive ketones (excluding diaryl/α,β-unsaturated/α-hetero) is 1. The van der Waals surface area contributed by atoms with Gasteiger partial charge in [-0.15, -0.1) is 0 Å². The molecule has 4 rings (SSSR count). The van der Waals surface area contributed by atoms with Crippen LogP contribution in [0.3, 0.4) is 0 Å². The van der Waals surface area contributed by atoms with Crippen LogP contribution in [-0.2, 0) is 6.61 Å². The summed E-state index contributed by atoms with van der Waals surface area (Å²) in [7, 11) is 0. The first-order chi connectivity index (χ1) is 14.3. The summed E-state index contributed by atoms with van der Waals surface area (Å²) in [6.45, 7) is 1.42. The molecule has 0 aliphatic carbocycles. The van der Waals surface area contributed by atoms with Gasteiger partial charge in [0.05, 0.1) is 11.1 Å². The summed E-state index contributed by atoms with van der Waals surface area (Å²) in [5, 5.41) is 0.769. The predicted octanol–water partition coefficient (Wildman–Crippen LogP) is 6.78. The molecule has 0 aromatic heterocycles. The van der Waals surface area contributed by atoms with Crippen LogP contribution in [0, 0.1) is 18.6 Å². The van der Waals surface area contributed by atoms with Gasteiger partial charge in [0, 0.05) is 21.7 Å². The van der Waals surface area contributed by atoms with Crippen molar-refractivity contribution in [1.29, 1.82) is 0 Å². The van der Waals surface area contributed by atoms with Gasteiger partial charge in [-0.2, -0.15) is 0 Å². The van der Waals surface area contributed by atoms with Gasteiger partial charge in [-0.3, -0.25) is 4.79 Å². The monoisotopic (exact) mass is 446 g/mol. The second-order valence-corrected chi connectivity index (χ2v) is 7.49. The molecule has 0 radical (unpaired) electrons. The SMILES string of the molecule is Cc1cc(OCc2c(F)cccc2F)cc2c1C(=O)/C(=C/c1c(Cl)cccc1Cl)O2. The van der Waals surface area contributed by atoms with Crippen LogP contribution in [0.15, 0.2) is 54.3 Å².